The molecular weight excluding hydrogens is 516 g/mol. The Bertz CT molecular complexity index is 1240. The molecule has 0 spiro atoms. The van der Waals surface area contributed by atoms with E-state index < -0.39 is 66.1 Å². The maximum Gasteiger partial charge on any atom is 0.338 e. The fourth-order valence-electron chi connectivity index (χ4n) is 3.99. The van der Waals surface area contributed by atoms with Crippen molar-refractivity contribution in [2.24, 2.45) is 4.99 Å². The van der Waals surface area contributed by atoms with Crippen molar-refractivity contribution in [1.29, 1.82) is 0 Å². The fraction of sp³-hybridized carbons (Fsp3) is 0.333. The molecule has 0 aliphatic carbocycles. The zero-order chi connectivity index (χ0) is 25.5. The van der Waals surface area contributed by atoms with E-state index in [9.17, 15) is 32.3 Å². The molecule has 186 valence electrons. The van der Waals surface area contributed by atoms with E-state index in [2.05, 4.69) is 15.3 Å². The number of carbonyl (C=O) groups excluding carboxylic acids is 1. The van der Waals surface area contributed by atoms with Crippen LogP contribution in [0.25, 0.3) is 0 Å². The number of alkyl halides is 2. The molecule has 8 nitrogen and oxygen atoms in total. The zero-order valence-corrected chi connectivity index (χ0v) is 19.5. The smallest absolute Gasteiger partial charge is 0.338 e. The number of hydrogen-bond acceptors (Lipinski definition) is 8. The first-order valence-corrected chi connectivity index (χ1v) is 11.3. The number of aromatic nitrogens is 1. The number of halogens is 5. The van der Waals surface area contributed by atoms with Gasteiger partial charge in [-0.25, -0.2) is 27.3 Å². The minimum absolute atomic E-state index is 0.00759. The monoisotopic (exact) mass is 532 g/mol. The standard InChI is InChI=1S/C21H17ClF4N4O4S/c1-34-20(33)13-11(7-30-8-21(25,26)6-12(30)19(31)32)28-17(18-27-4-5-35-18)29-16(13)9-2-3-10(23)15(24)14(9)22/h2-5,12,16H,6-8H2,1H3,(H,28,29)(H,31,32)/t12-,16-/m0/s1. The Morgan fingerprint density at radius 1 is 1.37 bits per heavy atom. The molecule has 1 fully saturated rings. The molecule has 2 atom stereocenters. The Morgan fingerprint density at radius 2 is 2.11 bits per heavy atom. The molecule has 1 aromatic carbocycles. The molecule has 1 aromatic heterocycles. The number of likely N-dealkylation sites (tertiary alicyclic amines) is 1. The van der Waals surface area contributed by atoms with Crippen LogP contribution in [0.4, 0.5) is 17.6 Å². The summed E-state index contributed by atoms with van der Waals surface area (Å²) in [7, 11) is 1.07. The van der Waals surface area contributed by atoms with Crippen LogP contribution >= 0.6 is 22.9 Å². The molecular formula is C21H17ClF4N4O4S. The number of ether oxygens (including phenoxy) is 1. The number of nitrogens with zero attached hydrogens (tertiary/aromatic N) is 3. The molecule has 14 heteroatoms. The highest BCUT2D eigenvalue weighted by molar-refractivity contribution is 7.11. The predicted octanol–water partition coefficient (Wildman–Crippen LogP) is 3.39. The van der Waals surface area contributed by atoms with Gasteiger partial charge < -0.3 is 15.2 Å². The van der Waals surface area contributed by atoms with Crippen molar-refractivity contribution in [1.82, 2.24) is 15.2 Å². The highest BCUT2D eigenvalue weighted by Crippen LogP contribution is 2.39. The largest absolute Gasteiger partial charge is 0.480 e. The van der Waals surface area contributed by atoms with Gasteiger partial charge in [0.2, 0.25) is 0 Å². The molecule has 0 bridgehead atoms. The maximum atomic E-state index is 14.3. The highest BCUT2D eigenvalue weighted by atomic mass is 35.5. The summed E-state index contributed by atoms with van der Waals surface area (Å²) in [4.78, 5) is 34.0. The number of esters is 1. The predicted molar refractivity (Wildman–Crippen MR) is 117 cm³/mol. The lowest BCUT2D eigenvalue weighted by molar-refractivity contribution is -0.142. The molecule has 2 aliphatic rings. The van der Waals surface area contributed by atoms with Crippen LogP contribution in [0.5, 0.6) is 0 Å². The van der Waals surface area contributed by atoms with Gasteiger partial charge in [-0.2, -0.15) is 0 Å². The first-order chi connectivity index (χ1) is 16.5. The minimum Gasteiger partial charge on any atom is -0.480 e. The second kappa shape index (κ2) is 9.55. The van der Waals surface area contributed by atoms with Crippen LogP contribution in [0.2, 0.25) is 5.02 Å². The van der Waals surface area contributed by atoms with Gasteiger partial charge in [0, 0.05) is 35.8 Å². The van der Waals surface area contributed by atoms with E-state index in [4.69, 9.17) is 16.3 Å². The number of aliphatic imine (C=N–C) groups is 1. The third kappa shape index (κ3) is 4.88. The van der Waals surface area contributed by atoms with Crippen LogP contribution in [0, 0.1) is 11.6 Å². The van der Waals surface area contributed by atoms with Crippen molar-refractivity contribution in [2.45, 2.75) is 24.4 Å². The molecule has 35 heavy (non-hydrogen) atoms. The second-order valence-electron chi connectivity index (χ2n) is 7.81. The van der Waals surface area contributed by atoms with E-state index in [1.54, 1.807) is 5.38 Å². The van der Waals surface area contributed by atoms with Gasteiger partial charge >= 0.3 is 11.9 Å². The number of amidine groups is 1. The number of carbonyl (C=O) groups is 2. The van der Waals surface area contributed by atoms with Gasteiger partial charge in [-0.05, 0) is 6.07 Å². The number of carboxylic acids is 1. The van der Waals surface area contributed by atoms with E-state index >= 15 is 0 Å². The average molecular weight is 533 g/mol. The maximum absolute atomic E-state index is 14.3. The minimum atomic E-state index is -3.27. The van der Waals surface area contributed by atoms with Gasteiger partial charge in [-0.1, -0.05) is 17.7 Å². The summed E-state index contributed by atoms with van der Waals surface area (Å²) in [5.41, 5.74) is -0.313. The van der Waals surface area contributed by atoms with Gasteiger partial charge in [-0.3, -0.25) is 14.7 Å². The van der Waals surface area contributed by atoms with E-state index in [0.717, 1.165) is 35.5 Å². The van der Waals surface area contributed by atoms with Crippen molar-refractivity contribution < 1.29 is 37.0 Å². The molecule has 2 N–H and O–H groups in total. The number of nitrogens with one attached hydrogen (secondary N) is 1. The Balaban J connectivity index is 1.86. The molecule has 0 amide bonds. The molecule has 4 rings (SSSR count). The number of aliphatic carboxylic acids is 1. The van der Waals surface area contributed by atoms with Crippen LogP contribution < -0.4 is 5.32 Å². The lowest BCUT2D eigenvalue weighted by atomic mass is 9.95. The Labute approximate surface area is 204 Å². The van der Waals surface area contributed by atoms with Crippen molar-refractivity contribution in [3.05, 3.63) is 62.2 Å². The van der Waals surface area contributed by atoms with Crippen molar-refractivity contribution in [3.63, 3.8) is 0 Å². The summed E-state index contributed by atoms with van der Waals surface area (Å²) in [6, 6.07) is -0.894. The van der Waals surface area contributed by atoms with E-state index in [1.807, 2.05) is 0 Å². The van der Waals surface area contributed by atoms with Crippen molar-refractivity contribution in [2.75, 3.05) is 20.2 Å². The van der Waals surface area contributed by atoms with E-state index in [-0.39, 0.29) is 22.7 Å². The third-order valence-electron chi connectivity index (χ3n) is 5.54. The molecule has 3 heterocycles. The number of carboxylic acid groups (broad SMARTS) is 1. The first kappa shape index (κ1) is 25.1. The number of methoxy groups -OCH3 is 1. The van der Waals surface area contributed by atoms with Crippen LogP contribution in [0.3, 0.4) is 0 Å². The van der Waals surface area contributed by atoms with Gasteiger partial charge in [-0.15, -0.1) is 11.3 Å². The molecule has 1 saturated heterocycles. The Kier molecular flexibility index (Phi) is 6.84. The lowest BCUT2D eigenvalue weighted by Gasteiger charge is -2.30. The highest BCUT2D eigenvalue weighted by Gasteiger charge is 2.49. The lowest BCUT2D eigenvalue weighted by Crippen LogP contribution is -2.43. The summed E-state index contributed by atoms with van der Waals surface area (Å²) >= 11 is 7.22. The molecule has 2 aliphatic heterocycles. The third-order valence-corrected chi connectivity index (χ3v) is 6.70. The van der Waals surface area contributed by atoms with Crippen molar-refractivity contribution in [3.8, 4) is 0 Å². The zero-order valence-electron chi connectivity index (χ0n) is 17.9. The molecule has 2 aromatic rings. The number of thiazole rings is 1. The van der Waals surface area contributed by atoms with Crippen molar-refractivity contribution >= 4 is 40.7 Å². The SMILES string of the molecule is COC(=O)C1=C(CN2CC(F)(F)C[C@H]2C(=O)O)NC(c2nccs2)=N[C@H]1c1ccc(F)c(F)c1Cl. The molecule has 0 unspecified atom stereocenters. The van der Waals surface area contributed by atoms with Crippen LogP contribution in [0.15, 0.2) is 40.0 Å². The molecule has 0 radical (unpaired) electrons. The van der Waals surface area contributed by atoms with Crippen LogP contribution in [-0.2, 0) is 14.3 Å². The number of hydrogen-bond donors (Lipinski definition) is 2. The number of rotatable bonds is 6. The fourth-order valence-corrected chi connectivity index (χ4v) is 4.84. The summed E-state index contributed by atoms with van der Waals surface area (Å²) in [6.07, 6.45) is 0.569. The average Bonchev–Trinajstić information content (AvgIpc) is 3.44. The first-order valence-electron chi connectivity index (χ1n) is 10.1. The Morgan fingerprint density at radius 3 is 2.74 bits per heavy atom. The van der Waals surface area contributed by atoms with Gasteiger partial charge in [0.05, 0.1) is 24.3 Å². The molecule has 0 saturated carbocycles. The van der Waals surface area contributed by atoms with Gasteiger partial charge in [0.25, 0.3) is 5.92 Å². The van der Waals surface area contributed by atoms with E-state index in [1.165, 1.54) is 6.20 Å². The van der Waals surface area contributed by atoms with Crippen LogP contribution in [0.1, 0.15) is 23.0 Å². The summed E-state index contributed by atoms with van der Waals surface area (Å²) in [5, 5.41) is 13.7. The topological polar surface area (TPSA) is 104 Å². The second-order valence-corrected chi connectivity index (χ2v) is 9.08. The normalized spacial score (nSPS) is 22.1. The van der Waals surface area contributed by atoms with Crippen LogP contribution in [-0.4, -0.2) is 64.9 Å². The van der Waals surface area contributed by atoms with E-state index in [0.29, 0.717) is 5.01 Å². The summed E-state index contributed by atoms with van der Waals surface area (Å²) < 4.78 is 61.1. The number of benzene rings is 1. The quantitative estimate of drug-likeness (QED) is 0.334. The summed E-state index contributed by atoms with van der Waals surface area (Å²) in [6.45, 7) is -1.30. The van der Waals surface area contributed by atoms with Gasteiger partial charge in [0.1, 0.15) is 12.1 Å². The summed E-state index contributed by atoms with van der Waals surface area (Å²) in [5.74, 6) is -8.14. The Hall–Kier alpha value is -3.03. The van der Waals surface area contributed by atoms with Gasteiger partial charge in [0.15, 0.2) is 22.5 Å².